The van der Waals surface area contributed by atoms with Crippen LogP contribution in [0.5, 0.6) is 0 Å². The predicted octanol–water partition coefficient (Wildman–Crippen LogP) is 4.06. The highest BCUT2D eigenvalue weighted by molar-refractivity contribution is 6.17. The van der Waals surface area contributed by atoms with Gasteiger partial charge in [-0.15, -0.1) is 11.6 Å². The average Bonchev–Trinajstić information content (AvgIpc) is 2.38. The van der Waals surface area contributed by atoms with Crippen LogP contribution in [0.15, 0.2) is 6.07 Å². The number of rotatable bonds is 3. The van der Waals surface area contributed by atoms with E-state index in [1.165, 1.54) is 30.4 Å². The molecule has 1 atom stereocenters. The molecule has 1 aromatic heterocycles. The summed E-state index contributed by atoms with van der Waals surface area (Å²) in [7, 11) is 0. The number of anilines is 1. The summed E-state index contributed by atoms with van der Waals surface area (Å²) in [5, 5.41) is 0. The maximum atomic E-state index is 6.11. The fraction of sp³-hybridized carbons (Fsp3) is 0.667. The lowest BCUT2D eigenvalue weighted by atomic mass is 9.95. The van der Waals surface area contributed by atoms with Gasteiger partial charge in [0.1, 0.15) is 5.82 Å². The van der Waals surface area contributed by atoms with Gasteiger partial charge >= 0.3 is 0 Å². The summed E-state index contributed by atoms with van der Waals surface area (Å²) < 4.78 is 0. The fourth-order valence-corrected chi connectivity index (χ4v) is 3.19. The van der Waals surface area contributed by atoms with Gasteiger partial charge < -0.3 is 4.90 Å². The molecule has 3 heteroatoms. The van der Waals surface area contributed by atoms with Crippen molar-refractivity contribution in [3.63, 3.8) is 0 Å². The standard InChI is InChI=1S/C15H23ClN2/c1-4-13-6-5-7-18(10-13)15-14(9-16)11(2)8-12(3)17-15/h8,13H,4-7,9-10H2,1-3H3. The zero-order valence-electron chi connectivity index (χ0n) is 11.7. The Morgan fingerprint density at radius 3 is 2.89 bits per heavy atom. The monoisotopic (exact) mass is 266 g/mol. The van der Waals surface area contributed by atoms with Crippen molar-refractivity contribution >= 4 is 17.4 Å². The Balaban J connectivity index is 2.31. The van der Waals surface area contributed by atoms with E-state index in [1.807, 2.05) is 0 Å². The zero-order valence-corrected chi connectivity index (χ0v) is 12.4. The van der Waals surface area contributed by atoms with Crippen molar-refractivity contribution in [3.8, 4) is 0 Å². The number of aromatic nitrogens is 1. The Bertz CT molecular complexity index is 417. The smallest absolute Gasteiger partial charge is 0.133 e. The van der Waals surface area contributed by atoms with E-state index in [2.05, 4.69) is 31.7 Å². The first-order valence-electron chi connectivity index (χ1n) is 6.93. The first-order chi connectivity index (χ1) is 8.65. The SMILES string of the molecule is CCC1CCCN(c2nc(C)cc(C)c2CCl)C1. The Labute approximate surface area is 115 Å². The number of pyridine rings is 1. The van der Waals surface area contributed by atoms with E-state index in [1.54, 1.807) is 0 Å². The molecule has 0 radical (unpaired) electrons. The van der Waals surface area contributed by atoms with Crippen LogP contribution in [0.1, 0.15) is 43.0 Å². The van der Waals surface area contributed by atoms with Crippen LogP contribution in [0.3, 0.4) is 0 Å². The number of piperidine rings is 1. The van der Waals surface area contributed by atoms with Crippen molar-refractivity contribution in [1.29, 1.82) is 0 Å². The molecule has 18 heavy (non-hydrogen) atoms. The summed E-state index contributed by atoms with van der Waals surface area (Å²) in [6, 6.07) is 2.13. The van der Waals surface area contributed by atoms with E-state index in [4.69, 9.17) is 16.6 Å². The quantitative estimate of drug-likeness (QED) is 0.767. The second kappa shape index (κ2) is 5.92. The summed E-state index contributed by atoms with van der Waals surface area (Å²) in [5.74, 6) is 2.49. The van der Waals surface area contributed by atoms with Crippen LogP contribution in [0.4, 0.5) is 5.82 Å². The van der Waals surface area contributed by atoms with Crippen LogP contribution in [-0.4, -0.2) is 18.1 Å². The summed E-state index contributed by atoms with van der Waals surface area (Å²) >= 11 is 6.11. The minimum atomic E-state index is 0.557. The van der Waals surface area contributed by atoms with Gasteiger partial charge in [-0.3, -0.25) is 0 Å². The Morgan fingerprint density at radius 2 is 2.22 bits per heavy atom. The lowest BCUT2D eigenvalue weighted by Gasteiger charge is -2.34. The van der Waals surface area contributed by atoms with Gasteiger partial charge in [0, 0.05) is 24.3 Å². The number of hydrogen-bond donors (Lipinski definition) is 0. The molecule has 2 heterocycles. The van der Waals surface area contributed by atoms with Gasteiger partial charge in [0.2, 0.25) is 0 Å². The minimum Gasteiger partial charge on any atom is -0.356 e. The Hall–Kier alpha value is -0.760. The van der Waals surface area contributed by atoms with Gasteiger partial charge in [0.25, 0.3) is 0 Å². The molecule has 0 spiro atoms. The Morgan fingerprint density at radius 1 is 1.44 bits per heavy atom. The van der Waals surface area contributed by atoms with Crippen molar-refractivity contribution < 1.29 is 0 Å². The first kappa shape index (κ1) is 13.7. The molecule has 1 fully saturated rings. The number of halogens is 1. The molecular weight excluding hydrogens is 244 g/mol. The van der Waals surface area contributed by atoms with E-state index in [-0.39, 0.29) is 0 Å². The van der Waals surface area contributed by atoms with Gasteiger partial charge in [-0.2, -0.15) is 0 Å². The molecule has 100 valence electrons. The summed E-state index contributed by atoms with van der Waals surface area (Å²) in [6.07, 6.45) is 3.89. The van der Waals surface area contributed by atoms with Crippen LogP contribution in [0, 0.1) is 19.8 Å². The summed E-state index contributed by atoms with van der Waals surface area (Å²) in [6.45, 7) is 8.74. The molecule has 2 nitrogen and oxygen atoms in total. The molecule has 0 aromatic carbocycles. The van der Waals surface area contributed by atoms with Gasteiger partial charge in [-0.25, -0.2) is 4.98 Å². The highest BCUT2D eigenvalue weighted by Gasteiger charge is 2.22. The van der Waals surface area contributed by atoms with Crippen molar-refractivity contribution in [3.05, 3.63) is 22.9 Å². The summed E-state index contributed by atoms with van der Waals surface area (Å²) in [5.41, 5.74) is 3.57. The molecule has 0 N–H and O–H groups in total. The van der Waals surface area contributed by atoms with Gasteiger partial charge in [-0.1, -0.05) is 13.3 Å². The highest BCUT2D eigenvalue weighted by Crippen LogP contribution is 2.29. The normalized spacial score (nSPS) is 20.2. The molecule has 1 saturated heterocycles. The second-order valence-corrected chi connectivity index (χ2v) is 5.65. The third kappa shape index (κ3) is 2.80. The van der Waals surface area contributed by atoms with Crippen molar-refractivity contribution in [2.24, 2.45) is 5.92 Å². The molecule has 2 rings (SSSR count). The van der Waals surface area contributed by atoms with Crippen molar-refractivity contribution in [2.75, 3.05) is 18.0 Å². The van der Waals surface area contributed by atoms with Crippen LogP contribution < -0.4 is 4.90 Å². The van der Waals surface area contributed by atoms with Gasteiger partial charge in [-0.05, 0) is 44.2 Å². The maximum Gasteiger partial charge on any atom is 0.133 e. The third-order valence-corrected chi connectivity index (χ3v) is 4.25. The summed E-state index contributed by atoms with van der Waals surface area (Å²) in [4.78, 5) is 7.18. The van der Waals surface area contributed by atoms with E-state index in [0.29, 0.717) is 5.88 Å². The topological polar surface area (TPSA) is 16.1 Å². The number of alkyl halides is 1. The van der Waals surface area contributed by atoms with Crippen LogP contribution >= 0.6 is 11.6 Å². The van der Waals surface area contributed by atoms with E-state index < -0.39 is 0 Å². The molecule has 1 aliphatic heterocycles. The van der Waals surface area contributed by atoms with Crippen LogP contribution in [-0.2, 0) is 5.88 Å². The molecule has 1 unspecified atom stereocenters. The molecule has 0 aliphatic carbocycles. The lowest BCUT2D eigenvalue weighted by Crippen LogP contribution is -2.36. The Kier molecular flexibility index (Phi) is 4.50. The largest absolute Gasteiger partial charge is 0.356 e. The van der Waals surface area contributed by atoms with Crippen LogP contribution in [0.2, 0.25) is 0 Å². The zero-order chi connectivity index (χ0) is 13.1. The molecule has 0 saturated carbocycles. The highest BCUT2D eigenvalue weighted by atomic mass is 35.5. The van der Waals surface area contributed by atoms with Gasteiger partial charge in [0.15, 0.2) is 0 Å². The minimum absolute atomic E-state index is 0.557. The van der Waals surface area contributed by atoms with E-state index in [0.717, 1.165) is 30.5 Å². The molecule has 0 amide bonds. The number of hydrogen-bond acceptors (Lipinski definition) is 2. The first-order valence-corrected chi connectivity index (χ1v) is 7.47. The lowest BCUT2D eigenvalue weighted by molar-refractivity contribution is 0.402. The predicted molar refractivity (Wildman–Crippen MR) is 78.5 cm³/mol. The fourth-order valence-electron chi connectivity index (χ4n) is 2.86. The molecule has 1 aromatic rings. The van der Waals surface area contributed by atoms with Crippen molar-refractivity contribution in [1.82, 2.24) is 4.98 Å². The van der Waals surface area contributed by atoms with E-state index in [9.17, 15) is 0 Å². The van der Waals surface area contributed by atoms with E-state index >= 15 is 0 Å². The number of nitrogens with zero attached hydrogens (tertiary/aromatic N) is 2. The van der Waals surface area contributed by atoms with Gasteiger partial charge in [0.05, 0.1) is 5.88 Å². The second-order valence-electron chi connectivity index (χ2n) is 5.38. The van der Waals surface area contributed by atoms with Crippen LogP contribution in [0.25, 0.3) is 0 Å². The van der Waals surface area contributed by atoms with Crippen molar-refractivity contribution in [2.45, 2.75) is 45.9 Å². The number of aryl methyl sites for hydroxylation is 2. The maximum absolute atomic E-state index is 6.11. The molecule has 0 bridgehead atoms. The molecule has 1 aliphatic rings. The molecular formula is C15H23ClN2. The average molecular weight is 267 g/mol. The third-order valence-electron chi connectivity index (χ3n) is 3.98.